The van der Waals surface area contributed by atoms with Crippen molar-refractivity contribution in [3.8, 4) is 0 Å². The van der Waals surface area contributed by atoms with E-state index in [9.17, 15) is 0 Å². The molecule has 0 aliphatic carbocycles. The van der Waals surface area contributed by atoms with Gasteiger partial charge in [0.1, 0.15) is 0 Å². The fourth-order valence-electron chi connectivity index (χ4n) is 1.32. The Hall–Kier alpha value is -0.280. The van der Waals surface area contributed by atoms with Gasteiger partial charge in [0.15, 0.2) is 0 Å². The van der Waals surface area contributed by atoms with Crippen molar-refractivity contribution < 1.29 is 4.74 Å². The Balaban J connectivity index is 2.60. The van der Waals surface area contributed by atoms with Gasteiger partial charge in [-0.15, -0.1) is 0 Å². The molecule has 0 heterocycles. The predicted octanol–water partition coefficient (Wildman–Crippen LogP) is 3.29. The summed E-state index contributed by atoms with van der Waals surface area (Å²) in [5, 5.41) is 4.64. The lowest BCUT2D eigenvalue weighted by Crippen LogP contribution is -2.22. The first kappa shape index (κ1) is 12.8. The van der Waals surface area contributed by atoms with Crippen molar-refractivity contribution in [2.45, 2.75) is 13.0 Å². The Morgan fingerprint density at radius 1 is 1.27 bits per heavy atom. The number of methoxy groups -OCH3 is 1. The second-order valence-corrected chi connectivity index (χ2v) is 4.24. The lowest BCUT2D eigenvalue weighted by atomic mass is 10.1. The van der Waals surface area contributed by atoms with Crippen molar-refractivity contribution in [3.63, 3.8) is 0 Å². The molecule has 15 heavy (non-hydrogen) atoms. The largest absolute Gasteiger partial charge is 0.383 e. The molecule has 1 aromatic rings. The Bertz CT molecular complexity index is 297. The Labute approximate surface area is 101 Å². The first-order valence-electron chi connectivity index (χ1n) is 4.82. The lowest BCUT2D eigenvalue weighted by molar-refractivity contribution is 0.196. The van der Waals surface area contributed by atoms with Gasteiger partial charge < -0.3 is 10.1 Å². The number of benzene rings is 1. The van der Waals surface area contributed by atoms with Crippen LogP contribution in [0.3, 0.4) is 0 Å². The van der Waals surface area contributed by atoms with E-state index < -0.39 is 0 Å². The van der Waals surface area contributed by atoms with E-state index in [4.69, 9.17) is 27.9 Å². The van der Waals surface area contributed by atoms with E-state index in [1.807, 2.05) is 12.1 Å². The van der Waals surface area contributed by atoms with E-state index in [-0.39, 0.29) is 6.04 Å². The van der Waals surface area contributed by atoms with Crippen molar-refractivity contribution in [2.75, 3.05) is 20.3 Å². The molecule has 0 aromatic heterocycles. The van der Waals surface area contributed by atoms with E-state index in [1.165, 1.54) is 0 Å². The second-order valence-electron chi connectivity index (χ2n) is 3.37. The normalized spacial score (nSPS) is 12.8. The van der Waals surface area contributed by atoms with E-state index in [1.54, 1.807) is 13.2 Å². The minimum Gasteiger partial charge on any atom is -0.383 e. The van der Waals surface area contributed by atoms with Crippen LogP contribution in [0.5, 0.6) is 0 Å². The molecule has 0 aliphatic heterocycles. The highest BCUT2D eigenvalue weighted by Gasteiger charge is 2.06. The van der Waals surface area contributed by atoms with Gasteiger partial charge in [0.2, 0.25) is 0 Å². The van der Waals surface area contributed by atoms with Crippen molar-refractivity contribution in [1.82, 2.24) is 5.32 Å². The maximum absolute atomic E-state index is 5.92. The third-order valence-corrected chi connectivity index (χ3v) is 2.58. The highest BCUT2D eigenvalue weighted by molar-refractivity contribution is 6.34. The summed E-state index contributed by atoms with van der Waals surface area (Å²) in [5.41, 5.74) is 1.09. The maximum atomic E-state index is 5.92. The maximum Gasteiger partial charge on any atom is 0.0587 e. The van der Waals surface area contributed by atoms with Crippen LogP contribution in [0.4, 0.5) is 0 Å². The van der Waals surface area contributed by atoms with Gasteiger partial charge in [-0.3, -0.25) is 0 Å². The number of nitrogens with one attached hydrogen (secondary N) is 1. The Morgan fingerprint density at radius 2 is 1.87 bits per heavy atom. The van der Waals surface area contributed by atoms with Crippen molar-refractivity contribution >= 4 is 23.2 Å². The van der Waals surface area contributed by atoms with Crippen LogP contribution < -0.4 is 5.32 Å². The molecule has 1 atom stereocenters. The van der Waals surface area contributed by atoms with E-state index in [0.29, 0.717) is 16.7 Å². The minimum absolute atomic E-state index is 0.219. The van der Waals surface area contributed by atoms with Crippen LogP contribution in [0.2, 0.25) is 10.0 Å². The van der Waals surface area contributed by atoms with Crippen LogP contribution in [0.1, 0.15) is 18.5 Å². The highest BCUT2D eigenvalue weighted by atomic mass is 35.5. The lowest BCUT2D eigenvalue weighted by Gasteiger charge is -2.14. The zero-order valence-electron chi connectivity index (χ0n) is 8.89. The van der Waals surface area contributed by atoms with Crippen LogP contribution in [0.15, 0.2) is 18.2 Å². The summed E-state index contributed by atoms with van der Waals surface area (Å²) in [6, 6.07) is 5.78. The summed E-state index contributed by atoms with van der Waals surface area (Å²) in [4.78, 5) is 0. The third kappa shape index (κ3) is 4.39. The Kier molecular flexibility index (Phi) is 5.40. The molecule has 0 fully saturated rings. The summed E-state index contributed by atoms with van der Waals surface area (Å²) in [7, 11) is 1.68. The average Bonchev–Trinajstić information content (AvgIpc) is 2.16. The van der Waals surface area contributed by atoms with Crippen molar-refractivity contribution in [3.05, 3.63) is 33.8 Å². The topological polar surface area (TPSA) is 21.3 Å². The van der Waals surface area contributed by atoms with Gasteiger partial charge in [0.05, 0.1) is 6.61 Å². The van der Waals surface area contributed by atoms with Gasteiger partial charge in [0.25, 0.3) is 0 Å². The molecule has 2 nitrogen and oxygen atoms in total. The highest BCUT2D eigenvalue weighted by Crippen LogP contribution is 2.23. The van der Waals surface area contributed by atoms with Gasteiger partial charge >= 0.3 is 0 Å². The fraction of sp³-hybridized carbons (Fsp3) is 0.455. The molecule has 1 aromatic carbocycles. The van der Waals surface area contributed by atoms with Crippen LogP contribution in [0, 0.1) is 0 Å². The number of halogens is 2. The SMILES string of the molecule is COCCNC(C)c1cc(Cl)cc(Cl)c1. The summed E-state index contributed by atoms with van der Waals surface area (Å²) in [5.74, 6) is 0. The summed E-state index contributed by atoms with van der Waals surface area (Å²) >= 11 is 11.8. The van der Waals surface area contributed by atoms with Gasteiger partial charge in [0, 0.05) is 29.7 Å². The summed E-state index contributed by atoms with van der Waals surface area (Å²) in [6.07, 6.45) is 0. The van der Waals surface area contributed by atoms with E-state index in [2.05, 4.69) is 12.2 Å². The second kappa shape index (κ2) is 6.33. The molecule has 0 spiro atoms. The number of rotatable bonds is 5. The molecule has 1 rings (SSSR count). The molecular weight excluding hydrogens is 233 g/mol. The molecule has 84 valence electrons. The molecule has 0 aliphatic rings. The first-order valence-corrected chi connectivity index (χ1v) is 5.57. The summed E-state index contributed by atoms with van der Waals surface area (Å²) in [6.45, 7) is 3.57. The van der Waals surface area contributed by atoms with Crippen molar-refractivity contribution in [2.24, 2.45) is 0 Å². The number of hydrogen-bond donors (Lipinski definition) is 1. The van der Waals surface area contributed by atoms with Crippen molar-refractivity contribution in [1.29, 1.82) is 0 Å². The van der Waals surface area contributed by atoms with Gasteiger partial charge in [-0.05, 0) is 30.7 Å². The smallest absolute Gasteiger partial charge is 0.0587 e. The summed E-state index contributed by atoms with van der Waals surface area (Å²) < 4.78 is 4.96. The molecule has 0 amide bonds. The fourth-order valence-corrected chi connectivity index (χ4v) is 1.86. The zero-order valence-corrected chi connectivity index (χ0v) is 10.4. The average molecular weight is 248 g/mol. The molecule has 1 N–H and O–H groups in total. The van der Waals surface area contributed by atoms with Crippen LogP contribution >= 0.6 is 23.2 Å². The first-order chi connectivity index (χ1) is 7.13. The number of ether oxygens (including phenoxy) is 1. The standard InChI is InChI=1S/C11H15Cl2NO/c1-8(14-3-4-15-2)9-5-10(12)7-11(13)6-9/h5-8,14H,3-4H2,1-2H3. The molecular formula is C11H15Cl2NO. The third-order valence-electron chi connectivity index (χ3n) is 2.14. The minimum atomic E-state index is 0.219. The Morgan fingerprint density at radius 3 is 2.40 bits per heavy atom. The van der Waals surface area contributed by atoms with Crippen LogP contribution in [-0.4, -0.2) is 20.3 Å². The van der Waals surface area contributed by atoms with Gasteiger partial charge in [-0.1, -0.05) is 23.2 Å². The van der Waals surface area contributed by atoms with Gasteiger partial charge in [-0.25, -0.2) is 0 Å². The zero-order chi connectivity index (χ0) is 11.3. The molecule has 0 saturated heterocycles. The molecule has 0 saturated carbocycles. The molecule has 0 bridgehead atoms. The van der Waals surface area contributed by atoms with Crippen LogP contribution in [0.25, 0.3) is 0 Å². The quantitative estimate of drug-likeness (QED) is 0.807. The monoisotopic (exact) mass is 247 g/mol. The predicted molar refractivity (Wildman–Crippen MR) is 64.8 cm³/mol. The molecule has 4 heteroatoms. The molecule has 0 radical (unpaired) electrons. The van der Waals surface area contributed by atoms with E-state index in [0.717, 1.165) is 12.1 Å². The number of hydrogen-bond acceptors (Lipinski definition) is 2. The van der Waals surface area contributed by atoms with Crippen LogP contribution in [-0.2, 0) is 4.74 Å². The van der Waals surface area contributed by atoms with Gasteiger partial charge in [-0.2, -0.15) is 0 Å². The van der Waals surface area contributed by atoms with E-state index >= 15 is 0 Å². The molecule has 1 unspecified atom stereocenters.